The van der Waals surface area contributed by atoms with Crippen LogP contribution in [0.15, 0.2) is 53.5 Å². The van der Waals surface area contributed by atoms with Gasteiger partial charge in [-0.2, -0.15) is 5.10 Å². The summed E-state index contributed by atoms with van der Waals surface area (Å²) in [6, 6.07) is 8.55. The van der Waals surface area contributed by atoms with Crippen LogP contribution in [0.4, 0.5) is 11.4 Å². The highest BCUT2D eigenvalue weighted by Crippen LogP contribution is 2.28. The van der Waals surface area contributed by atoms with Crippen LogP contribution in [0.3, 0.4) is 0 Å². The number of amides is 1. The van der Waals surface area contributed by atoms with Gasteiger partial charge in [0.05, 0.1) is 10.6 Å². The summed E-state index contributed by atoms with van der Waals surface area (Å²) in [7, 11) is 0. The molecule has 3 rings (SSSR count). The third-order valence-corrected chi connectivity index (χ3v) is 3.80. The van der Waals surface area contributed by atoms with E-state index >= 15 is 0 Å². The van der Waals surface area contributed by atoms with Crippen LogP contribution in [0.25, 0.3) is 5.69 Å². The molecule has 2 aromatic carbocycles. The monoisotopic (exact) mass is 403 g/mol. The number of halogens is 1. The highest BCUT2D eigenvalue weighted by Gasteiger charge is 2.20. The largest absolute Gasteiger partial charge is 0.506 e. The van der Waals surface area contributed by atoms with Crippen molar-refractivity contribution in [1.29, 1.82) is 0 Å². The Labute approximate surface area is 149 Å². The van der Waals surface area contributed by atoms with Crippen LogP contribution >= 0.6 is 15.9 Å². The molecule has 0 aliphatic rings. The number of carbonyl (C=O) groups is 1. The summed E-state index contributed by atoms with van der Waals surface area (Å²) in [4.78, 5) is 26.8. The molecule has 126 valence electrons. The number of nitro groups is 1. The average molecular weight is 404 g/mol. The van der Waals surface area contributed by atoms with E-state index in [1.54, 1.807) is 6.07 Å². The smallest absolute Gasteiger partial charge is 0.295 e. The fourth-order valence-electron chi connectivity index (χ4n) is 2.14. The Bertz CT molecular complexity index is 959. The first-order valence-corrected chi connectivity index (χ1v) is 7.68. The first-order valence-electron chi connectivity index (χ1n) is 6.89. The minimum atomic E-state index is -0.606. The van der Waals surface area contributed by atoms with E-state index in [1.165, 1.54) is 41.6 Å². The number of phenolic OH excluding ortho intramolecular Hbond substituents is 1. The molecule has 1 amide bonds. The number of nitrogens with zero attached hydrogens (tertiary/aromatic N) is 4. The van der Waals surface area contributed by atoms with E-state index in [2.05, 4.69) is 31.3 Å². The van der Waals surface area contributed by atoms with Gasteiger partial charge in [0.1, 0.15) is 24.1 Å². The maximum atomic E-state index is 12.3. The molecule has 0 fully saturated rings. The van der Waals surface area contributed by atoms with Crippen LogP contribution in [0.1, 0.15) is 10.4 Å². The summed E-state index contributed by atoms with van der Waals surface area (Å²) < 4.78 is 1.89. The van der Waals surface area contributed by atoms with Crippen LogP contribution in [-0.2, 0) is 0 Å². The number of benzene rings is 2. The van der Waals surface area contributed by atoms with Gasteiger partial charge in [-0.25, -0.2) is 9.67 Å². The first-order chi connectivity index (χ1) is 12.0. The quantitative estimate of drug-likeness (QED) is 0.392. The molecule has 0 saturated carbocycles. The lowest BCUT2D eigenvalue weighted by molar-refractivity contribution is -0.384. The third kappa shape index (κ3) is 3.48. The highest BCUT2D eigenvalue weighted by molar-refractivity contribution is 9.10. The van der Waals surface area contributed by atoms with Crippen LogP contribution in [0, 0.1) is 10.1 Å². The molecule has 0 spiro atoms. The summed E-state index contributed by atoms with van der Waals surface area (Å²) >= 11 is 3.20. The number of aromatic hydroxyl groups is 1. The Kier molecular flexibility index (Phi) is 4.44. The van der Waals surface area contributed by atoms with Crippen molar-refractivity contribution < 1.29 is 14.8 Å². The molecule has 10 heteroatoms. The number of hydrogen-bond acceptors (Lipinski definition) is 6. The van der Waals surface area contributed by atoms with E-state index in [0.29, 0.717) is 4.47 Å². The minimum Gasteiger partial charge on any atom is -0.506 e. The standard InChI is InChI=1S/C15H10BrN5O4/c16-10-2-3-11(14(22)6-10)19-15(23)9-1-4-12(13(5-9)21(24)25)20-8-17-7-18-20/h1-8,22H,(H,19,23). The van der Waals surface area contributed by atoms with Crippen molar-refractivity contribution in [1.82, 2.24) is 14.8 Å². The Morgan fingerprint density at radius 3 is 2.72 bits per heavy atom. The zero-order chi connectivity index (χ0) is 18.0. The average Bonchev–Trinajstić information content (AvgIpc) is 3.11. The molecule has 0 radical (unpaired) electrons. The zero-order valence-electron chi connectivity index (χ0n) is 12.5. The fourth-order valence-corrected chi connectivity index (χ4v) is 2.49. The second kappa shape index (κ2) is 6.69. The summed E-state index contributed by atoms with van der Waals surface area (Å²) in [5, 5.41) is 27.5. The van der Waals surface area contributed by atoms with E-state index in [-0.39, 0.29) is 28.4 Å². The van der Waals surface area contributed by atoms with E-state index in [1.807, 2.05) is 0 Å². The predicted molar refractivity (Wildman–Crippen MR) is 91.8 cm³/mol. The van der Waals surface area contributed by atoms with Gasteiger partial charge in [0, 0.05) is 16.1 Å². The molecule has 0 saturated heterocycles. The number of aromatic nitrogens is 3. The molecule has 2 N–H and O–H groups in total. The molecule has 0 atom stereocenters. The van der Waals surface area contributed by atoms with E-state index in [0.717, 1.165) is 6.07 Å². The van der Waals surface area contributed by atoms with Crippen LogP contribution in [0.5, 0.6) is 5.75 Å². The van der Waals surface area contributed by atoms with Gasteiger partial charge in [0.2, 0.25) is 0 Å². The van der Waals surface area contributed by atoms with Crippen molar-refractivity contribution in [3.63, 3.8) is 0 Å². The number of nitro benzene ring substituents is 1. The minimum absolute atomic E-state index is 0.0675. The number of hydrogen-bond donors (Lipinski definition) is 2. The number of rotatable bonds is 4. The van der Waals surface area contributed by atoms with E-state index in [4.69, 9.17) is 0 Å². The summed E-state index contributed by atoms with van der Waals surface area (Å²) in [6.45, 7) is 0. The first kappa shape index (κ1) is 16.6. The molecule has 1 heterocycles. The zero-order valence-corrected chi connectivity index (χ0v) is 14.0. The lowest BCUT2D eigenvalue weighted by Gasteiger charge is -2.09. The Morgan fingerprint density at radius 2 is 2.08 bits per heavy atom. The maximum Gasteiger partial charge on any atom is 0.295 e. The number of anilines is 1. The summed E-state index contributed by atoms with van der Waals surface area (Å²) in [6.07, 6.45) is 2.57. The number of carbonyl (C=O) groups excluding carboxylic acids is 1. The third-order valence-electron chi connectivity index (χ3n) is 3.31. The highest BCUT2D eigenvalue weighted by atomic mass is 79.9. The number of nitrogens with one attached hydrogen (secondary N) is 1. The van der Waals surface area contributed by atoms with Gasteiger partial charge in [-0.3, -0.25) is 14.9 Å². The van der Waals surface area contributed by atoms with E-state index in [9.17, 15) is 20.0 Å². The SMILES string of the molecule is O=C(Nc1ccc(Br)cc1O)c1ccc(-n2cncn2)c([N+](=O)[O-])c1. The molecular weight excluding hydrogens is 394 g/mol. The molecule has 0 aliphatic carbocycles. The molecule has 0 bridgehead atoms. The van der Waals surface area contributed by atoms with Crippen molar-refractivity contribution in [2.24, 2.45) is 0 Å². The summed E-state index contributed by atoms with van der Waals surface area (Å²) in [5.41, 5.74) is 0.151. The van der Waals surface area contributed by atoms with Crippen LogP contribution < -0.4 is 5.32 Å². The molecule has 25 heavy (non-hydrogen) atoms. The van der Waals surface area contributed by atoms with Gasteiger partial charge in [-0.15, -0.1) is 0 Å². The second-order valence-electron chi connectivity index (χ2n) is 4.92. The normalized spacial score (nSPS) is 10.4. The molecule has 0 unspecified atom stereocenters. The molecule has 3 aromatic rings. The van der Waals surface area contributed by atoms with Crippen LogP contribution in [0.2, 0.25) is 0 Å². The Balaban J connectivity index is 1.93. The fraction of sp³-hybridized carbons (Fsp3) is 0. The maximum absolute atomic E-state index is 12.3. The molecule has 1 aromatic heterocycles. The van der Waals surface area contributed by atoms with Gasteiger partial charge in [0.25, 0.3) is 11.6 Å². The van der Waals surface area contributed by atoms with Gasteiger partial charge in [-0.1, -0.05) is 15.9 Å². The Morgan fingerprint density at radius 1 is 1.28 bits per heavy atom. The van der Waals surface area contributed by atoms with E-state index < -0.39 is 10.8 Å². The van der Waals surface area contributed by atoms with Gasteiger partial charge >= 0.3 is 0 Å². The van der Waals surface area contributed by atoms with Crippen LogP contribution in [-0.4, -0.2) is 30.7 Å². The lowest BCUT2D eigenvalue weighted by atomic mass is 10.1. The second-order valence-corrected chi connectivity index (χ2v) is 5.83. The van der Waals surface area contributed by atoms with Crippen molar-refractivity contribution in [2.75, 3.05) is 5.32 Å². The van der Waals surface area contributed by atoms with Crippen molar-refractivity contribution in [3.05, 3.63) is 69.2 Å². The molecular formula is C15H10BrN5O4. The Hall–Kier alpha value is -3.27. The topological polar surface area (TPSA) is 123 Å². The van der Waals surface area contributed by atoms with Gasteiger partial charge < -0.3 is 10.4 Å². The van der Waals surface area contributed by atoms with Crippen molar-refractivity contribution in [3.8, 4) is 11.4 Å². The van der Waals surface area contributed by atoms with Gasteiger partial charge in [0.15, 0.2) is 0 Å². The van der Waals surface area contributed by atoms with Gasteiger partial charge in [-0.05, 0) is 30.3 Å². The molecule has 9 nitrogen and oxygen atoms in total. The lowest BCUT2D eigenvalue weighted by Crippen LogP contribution is -2.13. The molecule has 0 aliphatic heterocycles. The summed E-state index contributed by atoms with van der Waals surface area (Å²) in [5.74, 6) is -0.720. The number of phenols is 1. The van der Waals surface area contributed by atoms with Crippen molar-refractivity contribution in [2.45, 2.75) is 0 Å². The predicted octanol–water partition coefficient (Wildman–Crippen LogP) is 2.90. The van der Waals surface area contributed by atoms with Crippen molar-refractivity contribution >= 4 is 33.2 Å².